The third kappa shape index (κ3) is 6.78. The van der Waals surface area contributed by atoms with E-state index in [9.17, 15) is 4.79 Å². The molecule has 0 aliphatic rings. The Labute approximate surface area is 120 Å². The first-order chi connectivity index (χ1) is 9.26. The molecule has 5 nitrogen and oxygen atoms in total. The van der Waals surface area contributed by atoms with Gasteiger partial charge < -0.3 is 15.8 Å². The summed E-state index contributed by atoms with van der Waals surface area (Å²) in [6.07, 6.45) is 0.807. The molecule has 0 aliphatic heterocycles. The normalized spacial score (nSPS) is 10.9. The zero-order valence-corrected chi connectivity index (χ0v) is 12.3. The lowest BCUT2D eigenvalue weighted by Crippen LogP contribution is -2.33. The van der Waals surface area contributed by atoms with Gasteiger partial charge in [-0.15, -0.1) is 0 Å². The first-order valence-electron chi connectivity index (χ1n) is 6.64. The number of nitrogens with one attached hydrogen (secondary N) is 2. The summed E-state index contributed by atoms with van der Waals surface area (Å²) in [5.74, 6) is 0.157. The minimum absolute atomic E-state index is 0.157. The molecule has 1 aromatic rings. The van der Waals surface area contributed by atoms with E-state index in [0.29, 0.717) is 13.0 Å². The van der Waals surface area contributed by atoms with Crippen molar-refractivity contribution in [3.8, 4) is 0 Å². The van der Waals surface area contributed by atoms with Crippen molar-refractivity contribution in [2.45, 2.75) is 39.2 Å². The van der Waals surface area contributed by atoms with Crippen molar-refractivity contribution in [2.75, 3.05) is 6.54 Å². The number of nitrogens with two attached hydrogens (primary N) is 1. The third-order valence-electron chi connectivity index (χ3n) is 2.50. The van der Waals surface area contributed by atoms with E-state index in [0.717, 1.165) is 17.5 Å². The summed E-state index contributed by atoms with van der Waals surface area (Å²) < 4.78 is 5.15. The van der Waals surface area contributed by atoms with Gasteiger partial charge in [-0.3, -0.25) is 5.41 Å². The molecule has 0 aromatic heterocycles. The van der Waals surface area contributed by atoms with E-state index < -0.39 is 11.7 Å². The molecule has 4 N–H and O–H groups in total. The van der Waals surface area contributed by atoms with E-state index in [1.54, 1.807) is 0 Å². The fourth-order valence-corrected chi connectivity index (χ4v) is 1.67. The number of carbonyl (C=O) groups is 1. The zero-order valence-electron chi connectivity index (χ0n) is 12.3. The number of alkyl carbamates (subject to hydrolysis) is 1. The van der Waals surface area contributed by atoms with Crippen LogP contribution in [0.15, 0.2) is 24.3 Å². The number of ether oxygens (including phenoxy) is 1. The van der Waals surface area contributed by atoms with Gasteiger partial charge in [-0.25, -0.2) is 4.79 Å². The van der Waals surface area contributed by atoms with Gasteiger partial charge in [0, 0.05) is 13.0 Å². The third-order valence-corrected chi connectivity index (χ3v) is 2.50. The first-order valence-corrected chi connectivity index (χ1v) is 6.64. The quantitative estimate of drug-likeness (QED) is 0.569. The SMILES string of the molecule is CC(C)(C)OC(=O)NCCc1ccc(CC(=N)N)cc1. The summed E-state index contributed by atoms with van der Waals surface area (Å²) in [6.45, 7) is 6.03. The first kappa shape index (κ1) is 16.0. The molecule has 0 saturated heterocycles. The van der Waals surface area contributed by atoms with Crippen LogP contribution in [0.1, 0.15) is 31.9 Å². The molecule has 1 rings (SSSR count). The van der Waals surface area contributed by atoms with Gasteiger partial charge in [0.15, 0.2) is 0 Å². The Morgan fingerprint density at radius 2 is 1.80 bits per heavy atom. The molecular formula is C15H23N3O2. The van der Waals surface area contributed by atoms with Crippen molar-refractivity contribution in [3.63, 3.8) is 0 Å². The highest BCUT2D eigenvalue weighted by atomic mass is 16.6. The smallest absolute Gasteiger partial charge is 0.407 e. The fraction of sp³-hybridized carbons (Fsp3) is 0.467. The topological polar surface area (TPSA) is 88.2 Å². The number of rotatable bonds is 5. The molecule has 0 atom stereocenters. The Morgan fingerprint density at radius 3 is 2.30 bits per heavy atom. The summed E-state index contributed by atoms with van der Waals surface area (Å²) in [6, 6.07) is 7.86. The fourth-order valence-electron chi connectivity index (χ4n) is 1.67. The van der Waals surface area contributed by atoms with Crippen LogP contribution in [0, 0.1) is 5.41 Å². The number of amides is 1. The molecule has 5 heteroatoms. The van der Waals surface area contributed by atoms with Crippen LogP contribution in [0.25, 0.3) is 0 Å². The molecule has 0 radical (unpaired) electrons. The van der Waals surface area contributed by atoms with Crippen LogP contribution in [0.4, 0.5) is 4.79 Å². The van der Waals surface area contributed by atoms with Crippen LogP contribution >= 0.6 is 0 Å². The molecular weight excluding hydrogens is 254 g/mol. The summed E-state index contributed by atoms with van der Waals surface area (Å²) in [4.78, 5) is 11.5. The highest BCUT2D eigenvalue weighted by molar-refractivity contribution is 5.79. The average Bonchev–Trinajstić information content (AvgIpc) is 2.28. The van der Waals surface area contributed by atoms with E-state index in [-0.39, 0.29) is 5.84 Å². The highest BCUT2D eigenvalue weighted by Crippen LogP contribution is 2.07. The lowest BCUT2D eigenvalue weighted by atomic mass is 10.1. The maximum atomic E-state index is 11.5. The van der Waals surface area contributed by atoms with Crippen LogP contribution < -0.4 is 11.1 Å². The van der Waals surface area contributed by atoms with Gasteiger partial charge in [0.2, 0.25) is 0 Å². The Hall–Kier alpha value is -2.04. The summed E-state index contributed by atoms with van der Waals surface area (Å²) in [5.41, 5.74) is 7.01. The number of amidine groups is 1. The van der Waals surface area contributed by atoms with Crippen LogP contribution in [-0.4, -0.2) is 24.1 Å². The van der Waals surface area contributed by atoms with Gasteiger partial charge in [0.25, 0.3) is 0 Å². The van der Waals surface area contributed by atoms with Crippen molar-refractivity contribution in [3.05, 3.63) is 35.4 Å². The predicted octanol–water partition coefficient (Wildman–Crippen LogP) is 2.23. The van der Waals surface area contributed by atoms with Gasteiger partial charge in [-0.2, -0.15) is 0 Å². The van der Waals surface area contributed by atoms with Gasteiger partial charge in [0.1, 0.15) is 5.60 Å². The number of hydrogen-bond donors (Lipinski definition) is 3. The molecule has 0 bridgehead atoms. The Kier molecular flexibility index (Phi) is 5.55. The minimum Gasteiger partial charge on any atom is -0.444 e. The summed E-state index contributed by atoms with van der Waals surface area (Å²) in [7, 11) is 0. The predicted molar refractivity (Wildman–Crippen MR) is 80.0 cm³/mol. The van der Waals surface area contributed by atoms with Crippen LogP contribution in [-0.2, 0) is 17.6 Å². The largest absolute Gasteiger partial charge is 0.444 e. The summed E-state index contributed by atoms with van der Waals surface area (Å²) >= 11 is 0. The lowest BCUT2D eigenvalue weighted by Gasteiger charge is -2.19. The van der Waals surface area contributed by atoms with E-state index in [2.05, 4.69) is 5.32 Å². The van der Waals surface area contributed by atoms with Crippen molar-refractivity contribution in [1.82, 2.24) is 5.32 Å². The average molecular weight is 277 g/mol. The van der Waals surface area contributed by atoms with E-state index in [1.165, 1.54) is 0 Å². The zero-order chi connectivity index (χ0) is 15.2. The number of benzene rings is 1. The van der Waals surface area contributed by atoms with Crippen molar-refractivity contribution >= 4 is 11.9 Å². The lowest BCUT2D eigenvalue weighted by molar-refractivity contribution is 0.0528. The van der Waals surface area contributed by atoms with Crippen LogP contribution in [0.2, 0.25) is 0 Å². The standard InChI is InChI=1S/C15H23N3O2/c1-15(2,3)20-14(19)18-9-8-11-4-6-12(7-5-11)10-13(16)17/h4-7H,8-10H2,1-3H3,(H3,16,17)(H,18,19). The maximum absolute atomic E-state index is 11.5. The van der Waals surface area contributed by atoms with Gasteiger partial charge >= 0.3 is 6.09 Å². The Morgan fingerprint density at radius 1 is 1.25 bits per heavy atom. The molecule has 0 saturated carbocycles. The van der Waals surface area contributed by atoms with Crippen LogP contribution in [0.3, 0.4) is 0 Å². The van der Waals surface area contributed by atoms with E-state index in [4.69, 9.17) is 15.9 Å². The molecule has 1 amide bonds. The number of hydrogen-bond acceptors (Lipinski definition) is 3. The van der Waals surface area contributed by atoms with Gasteiger partial charge in [0.05, 0.1) is 5.84 Å². The molecule has 0 aliphatic carbocycles. The van der Waals surface area contributed by atoms with Crippen LogP contribution in [0.5, 0.6) is 0 Å². The van der Waals surface area contributed by atoms with E-state index >= 15 is 0 Å². The van der Waals surface area contributed by atoms with Gasteiger partial charge in [-0.1, -0.05) is 24.3 Å². The second kappa shape index (κ2) is 6.93. The highest BCUT2D eigenvalue weighted by Gasteiger charge is 2.15. The molecule has 0 fully saturated rings. The number of carbonyl (C=O) groups excluding carboxylic acids is 1. The van der Waals surface area contributed by atoms with Crippen molar-refractivity contribution < 1.29 is 9.53 Å². The van der Waals surface area contributed by atoms with Crippen molar-refractivity contribution in [2.24, 2.45) is 5.73 Å². The minimum atomic E-state index is -0.474. The molecule has 0 unspecified atom stereocenters. The second-order valence-electron chi connectivity index (χ2n) is 5.70. The summed E-state index contributed by atoms with van der Waals surface area (Å²) in [5, 5.41) is 9.95. The van der Waals surface area contributed by atoms with E-state index in [1.807, 2.05) is 45.0 Å². The molecule has 0 heterocycles. The Balaban J connectivity index is 2.35. The molecule has 20 heavy (non-hydrogen) atoms. The monoisotopic (exact) mass is 277 g/mol. The molecule has 1 aromatic carbocycles. The van der Waals surface area contributed by atoms with Crippen molar-refractivity contribution in [1.29, 1.82) is 5.41 Å². The second-order valence-corrected chi connectivity index (χ2v) is 5.70. The maximum Gasteiger partial charge on any atom is 0.407 e. The van der Waals surface area contributed by atoms with Gasteiger partial charge in [-0.05, 0) is 38.3 Å². The molecule has 110 valence electrons. The molecule has 0 spiro atoms. The Bertz CT molecular complexity index is 461.